The van der Waals surface area contributed by atoms with Gasteiger partial charge in [-0.3, -0.25) is 4.90 Å². The number of ether oxygens (including phenoxy) is 1. The summed E-state index contributed by atoms with van der Waals surface area (Å²) in [6, 6.07) is 1.21. The highest BCUT2D eigenvalue weighted by Crippen LogP contribution is 2.27. The third kappa shape index (κ3) is 3.21. The molecule has 3 nitrogen and oxygen atoms in total. The zero-order valence-corrected chi connectivity index (χ0v) is 11.2. The van der Waals surface area contributed by atoms with E-state index in [1.54, 1.807) is 0 Å². The summed E-state index contributed by atoms with van der Waals surface area (Å²) >= 11 is 0. The van der Waals surface area contributed by atoms with Crippen molar-refractivity contribution in [2.75, 3.05) is 19.7 Å². The van der Waals surface area contributed by atoms with E-state index in [2.05, 4.69) is 11.8 Å². The van der Waals surface area contributed by atoms with Crippen LogP contribution < -0.4 is 5.73 Å². The highest BCUT2D eigenvalue weighted by atomic mass is 16.5. The van der Waals surface area contributed by atoms with E-state index in [9.17, 15) is 0 Å². The van der Waals surface area contributed by atoms with Crippen LogP contribution in [0.25, 0.3) is 0 Å². The molecule has 2 aliphatic rings. The van der Waals surface area contributed by atoms with Gasteiger partial charge in [-0.25, -0.2) is 0 Å². The Morgan fingerprint density at radius 1 is 1.18 bits per heavy atom. The van der Waals surface area contributed by atoms with Crippen LogP contribution in [0, 0.1) is 0 Å². The number of rotatable bonds is 5. The molecule has 1 heterocycles. The molecular weight excluding hydrogens is 212 g/mol. The van der Waals surface area contributed by atoms with E-state index in [1.807, 2.05) is 0 Å². The molecule has 2 N–H and O–H groups in total. The first-order valence-electron chi connectivity index (χ1n) is 7.44. The van der Waals surface area contributed by atoms with E-state index in [0.29, 0.717) is 12.1 Å². The number of hydrogen-bond acceptors (Lipinski definition) is 3. The maximum absolute atomic E-state index is 6.01. The highest BCUT2D eigenvalue weighted by Gasteiger charge is 2.33. The Labute approximate surface area is 106 Å². The second-order valence-electron chi connectivity index (χ2n) is 5.48. The zero-order valence-electron chi connectivity index (χ0n) is 11.2. The first-order chi connectivity index (χ1) is 8.36. The van der Waals surface area contributed by atoms with Crippen molar-refractivity contribution in [2.24, 2.45) is 5.73 Å². The van der Waals surface area contributed by atoms with Crippen LogP contribution in [0.1, 0.15) is 51.9 Å². The summed E-state index contributed by atoms with van der Waals surface area (Å²) in [5.41, 5.74) is 6.01. The maximum atomic E-state index is 6.01. The van der Waals surface area contributed by atoms with Crippen LogP contribution in [-0.4, -0.2) is 42.8 Å². The van der Waals surface area contributed by atoms with Gasteiger partial charge in [0, 0.05) is 25.2 Å². The summed E-state index contributed by atoms with van der Waals surface area (Å²) in [5.74, 6) is 0. The largest absolute Gasteiger partial charge is 0.377 e. The van der Waals surface area contributed by atoms with Gasteiger partial charge in [0.25, 0.3) is 0 Å². The lowest BCUT2D eigenvalue weighted by atomic mass is 9.92. The van der Waals surface area contributed by atoms with Crippen LogP contribution in [0.4, 0.5) is 0 Å². The number of likely N-dealkylation sites (N-methyl/N-ethyl adjacent to an activating group) is 1. The van der Waals surface area contributed by atoms with Crippen LogP contribution in [0.5, 0.6) is 0 Å². The van der Waals surface area contributed by atoms with E-state index in [4.69, 9.17) is 10.5 Å². The molecular formula is C14H28N2O. The zero-order chi connectivity index (χ0) is 12.1. The van der Waals surface area contributed by atoms with Crippen LogP contribution >= 0.6 is 0 Å². The summed E-state index contributed by atoms with van der Waals surface area (Å²) in [5, 5.41) is 0. The Morgan fingerprint density at radius 3 is 2.47 bits per heavy atom. The van der Waals surface area contributed by atoms with Crippen molar-refractivity contribution in [3.63, 3.8) is 0 Å². The lowest BCUT2D eigenvalue weighted by Crippen LogP contribution is -2.53. The molecule has 0 aromatic carbocycles. The van der Waals surface area contributed by atoms with Gasteiger partial charge in [-0.15, -0.1) is 0 Å². The second kappa shape index (κ2) is 6.72. The van der Waals surface area contributed by atoms with Crippen LogP contribution in [0.15, 0.2) is 0 Å². The van der Waals surface area contributed by atoms with Crippen LogP contribution in [0.3, 0.4) is 0 Å². The van der Waals surface area contributed by atoms with Crippen LogP contribution in [0.2, 0.25) is 0 Å². The Kier molecular flexibility index (Phi) is 5.26. The lowest BCUT2D eigenvalue weighted by molar-refractivity contribution is 0.00310. The van der Waals surface area contributed by atoms with Crippen molar-refractivity contribution in [1.29, 1.82) is 0 Å². The average molecular weight is 240 g/mol. The molecule has 1 aliphatic heterocycles. The molecule has 1 aliphatic carbocycles. The Morgan fingerprint density at radius 2 is 1.94 bits per heavy atom. The number of nitrogens with zero attached hydrogens (tertiary/aromatic N) is 1. The fourth-order valence-electron chi connectivity index (χ4n) is 3.58. The molecule has 3 heteroatoms. The summed E-state index contributed by atoms with van der Waals surface area (Å²) < 4.78 is 5.86. The predicted octanol–water partition coefficient (Wildman–Crippen LogP) is 2.15. The van der Waals surface area contributed by atoms with Crippen molar-refractivity contribution in [3.05, 3.63) is 0 Å². The Hall–Kier alpha value is -0.120. The number of hydrogen-bond donors (Lipinski definition) is 1. The summed E-state index contributed by atoms with van der Waals surface area (Å²) in [4.78, 5) is 2.63. The second-order valence-corrected chi connectivity index (χ2v) is 5.48. The van der Waals surface area contributed by atoms with Crippen molar-refractivity contribution in [3.8, 4) is 0 Å². The summed E-state index contributed by atoms with van der Waals surface area (Å²) in [6.45, 7) is 5.07. The minimum Gasteiger partial charge on any atom is -0.377 e. The monoisotopic (exact) mass is 240 g/mol. The fourth-order valence-corrected chi connectivity index (χ4v) is 3.58. The molecule has 0 amide bonds. The van der Waals surface area contributed by atoms with E-state index in [0.717, 1.165) is 25.7 Å². The van der Waals surface area contributed by atoms with Crippen molar-refractivity contribution in [2.45, 2.75) is 70.1 Å². The normalized spacial score (nSPS) is 28.8. The standard InChI is InChI=1S/C14H28N2O/c1-2-16(12-7-4-3-5-8-12)13(11-15)14-9-6-10-17-14/h12-14H,2-11,15H2,1H3. The van der Waals surface area contributed by atoms with Gasteiger partial charge in [0.2, 0.25) is 0 Å². The summed E-state index contributed by atoms with van der Waals surface area (Å²) in [7, 11) is 0. The number of nitrogens with two attached hydrogens (primary N) is 1. The fraction of sp³-hybridized carbons (Fsp3) is 1.00. The molecule has 0 aromatic rings. The first-order valence-corrected chi connectivity index (χ1v) is 7.44. The van der Waals surface area contributed by atoms with E-state index in [1.165, 1.54) is 44.9 Å². The molecule has 2 atom stereocenters. The van der Waals surface area contributed by atoms with Gasteiger partial charge >= 0.3 is 0 Å². The van der Waals surface area contributed by atoms with Gasteiger partial charge in [0.1, 0.15) is 0 Å². The van der Waals surface area contributed by atoms with Gasteiger partial charge in [0.05, 0.1) is 6.10 Å². The van der Waals surface area contributed by atoms with Gasteiger partial charge in [-0.05, 0) is 32.2 Å². The van der Waals surface area contributed by atoms with Crippen molar-refractivity contribution in [1.82, 2.24) is 4.90 Å². The average Bonchev–Trinajstić information content (AvgIpc) is 2.90. The summed E-state index contributed by atoms with van der Waals surface area (Å²) in [6.07, 6.45) is 9.72. The van der Waals surface area contributed by atoms with Gasteiger partial charge in [-0.2, -0.15) is 0 Å². The highest BCUT2D eigenvalue weighted by molar-refractivity contribution is 4.88. The van der Waals surface area contributed by atoms with Crippen LogP contribution in [-0.2, 0) is 4.74 Å². The van der Waals surface area contributed by atoms with E-state index in [-0.39, 0.29) is 0 Å². The minimum absolute atomic E-state index is 0.391. The molecule has 0 radical (unpaired) electrons. The molecule has 0 spiro atoms. The quantitative estimate of drug-likeness (QED) is 0.800. The lowest BCUT2D eigenvalue weighted by Gasteiger charge is -2.41. The Balaban J connectivity index is 1.97. The van der Waals surface area contributed by atoms with Gasteiger partial charge in [-0.1, -0.05) is 26.2 Å². The molecule has 0 bridgehead atoms. The van der Waals surface area contributed by atoms with Crippen molar-refractivity contribution >= 4 is 0 Å². The Bertz CT molecular complexity index is 210. The maximum Gasteiger partial charge on any atom is 0.0743 e. The third-order valence-corrected chi connectivity index (χ3v) is 4.47. The minimum atomic E-state index is 0.391. The molecule has 2 unspecified atom stereocenters. The molecule has 100 valence electrons. The van der Waals surface area contributed by atoms with Gasteiger partial charge in [0.15, 0.2) is 0 Å². The molecule has 17 heavy (non-hydrogen) atoms. The van der Waals surface area contributed by atoms with E-state index >= 15 is 0 Å². The molecule has 0 aromatic heterocycles. The third-order valence-electron chi connectivity index (χ3n) is 4.47. The molecule has 1 saturated carbocycles. The molecule has 2 fully saturated rings. The SMILES string of the molecule is CCN(C1CCCCC1)C(CN)C1CCCO1. The van der Waals surface area contributed by atoms with Crippen molar-refractivity contribution < 1.29 is 4.74 Å². The predicted molar refractivity (Wildman–Crippen MR) is 71.1 cm³/mol. The molecule has 2 rings (SSSR count). The molecule has 1 saturated heterocycles. The topological polar surface area (TPSA) is 38.5 Å². The van der Waals surface area contributed by atoms with E-state index < -0.39 is 0 Å². The first kappa shape index (κ1) is 13.3. The van der Waals surface area contributed by atoms with Gasteiger partial charge < -0.3 is 10.5 Å². The smallest absolute Gasteiger partial charge is 0.0743 e.